The van der Waals surface area contributed by atoms with Gasteiger partial charge in [-0.05, 0) is 62.0 Å². The molecule has 2 aromatic rings. The number of pyridine rings is 1. The largest absolute Gasteiger partial charge is 0.352 e. The molecule has 180 valence electrons. The van der Waals surface area contributed by atoms with Crippen molar-refractivity contribution in [1.29, 1.82) is 0 Å². The molecule has 1 atom stereocenters. The van der Waals surface area contributed by atoms with E-state index in [0.717, 1.165) is 30.7 Å². The van der Waals surface area contributed by atoms with Crippen LogP contribution in [0.2, 0.25) is 0 Å². The van der Waals surface area contributed by atoms with Gasteiger partial charge in [0.1, 0.15) is 6.04 Å². The SMILES string of the molecule is Cc1ccc(C(=O)NCCc2cccs2)c(C2CCN(C(=O)CC3NC(=S)N(C)C3=O)CC2)n1. The quantitative estimate of drug-likeness (QED) is 0.568. The Labute approximate surface area is 208 Å². The summed E-state index contributed by atoms with van der Waals surface area (Å²) in [4.78, 5) is 47.1. The number of nitrogens with zero attached hydrogens (tertiary/aromatic N) is 3. The van der Waals surface area contributed by atoms with Crippen LogP contribution in [0, 0.1) is 6.92 Å². The molecule has 0 spiro atoms. The molecule has 2 fully saturated rings. The van der Waals surface area contributed by atoms with Gasteiger partial charge in [-0.25, -0.2) is 0 Å². The van der Waals surface area contributed by atoms with E-state index < -0.39 is 6.04 Å². The Balaban J connectivity index is 1.35. The number of thiocarbonyl (C=S) groups is 1. The van der Waals surface area contributed by atoms with Crippen LogP contribution in [0.1, 0.15) is 51.8 Å². The van der Waals surface area contributed by atoms with E-state index in [-0.39, 0.29) is 30.1 Å². The topological polar surface area (TPSA) is 94.6 Å². The number of hydrogen-bond acceptors (Lipinski definition) is 6. The summed E-state index contributed by atoms with van der Waals surface area (Å²) >= 11 is 6.78. The number of nitrogens with one attached hydrogen (secondary N) is 2. The van der Waals surface area contributed by atoms with E-state index in [2.05, 4.69) is 16.7 Å². The Morgan fingerprint density at radius 1 is 1.26 bits per heavy atom. The minimum Gasteiger partial charge on any atom is -0.352 e. The summed E-state index contributed by atoms with van der Waals surface area (Å²) < 4.78 is 0. The fraction of sp³-hybridized carbons (Fsp3) is 0.458. The second kappa shape index (κ2) is 10.6. The fourth-order valence-corrected chi connectivity index (χ4v) is 5.36. The van der Waals surface area contributed by atoms with Crippen molar-refractivity contribution in [2.75, 3.05) is 26.7 Å². The maximum absolute atomic E-state index is 12.9. The second-order valence-corrected chi connectivity index (χ2v) is 10.1. The van der Waals surface area contributed by atoms with Crippen LogP contribution in [0.15, 0.2) is 29.6 Å². The molecule has 2 N–H and O–H groups in total. The summed E-state index contributed by atoms with van der Waals surface area (Å²) in [6.45, 7) is 3.64. The highest BCUT2D eigenvalue weighted by atomic mass is 32.1. The second-order valence-electron chi connectivity index (χ2n) is 8.73. The lowest BCUT2D eigenvalue weighted by Crippen LogP contribution is -2.42. The lowest BCUT2D eigenvalue weighted by Gasteiger charge is -2.33. The predicted octanol–water partition coefficient (Wildman–Crippen LogP) is 2.24. The molecule has 8 nitrogen and oxygen atoms in total. The zero-order valence-corrected chi connectivity index (χ0v) is 21.0. The van der Waals surface area contributed by atoms with Gasteiger partial charge in [0.15, 0.2) is 5.11 Å². The molecule has 0 aliphatic carbocycles. The highest BCUT2D eigenvalue weighted by Gasteiger charge is 2.36. The average molecular weight is 500 g/mol. The van der Waals surface area contributed by atoms with Crippen LogP contribution in [0.25, 0.3) is 0 Å². The average Bonchev–Trinajstić information content (AvgIpc) is 3.43. The highest BCUT2D eigenvalue weighted by Crippen LogP contribution is 2.30. The van der Waals surface area contributed by atoms with Crippen molar-refractivity contribution in [3.63, 3.8) is 0 Å². The van der Waals surface area contributed by atoms with E-state index in [1.165, 1.54) is 9.78 Å². The van der Waals surface area contributed by atoms with Crippen LogP contribution in [0.4, 0.5) is 0 Å². The van der Waals surface area contributed by atoms with Crippen LogP contribution in [-0.2, 0) is 16.0 Å². The molecule has 2 aliphatic rings. The number of hydrogen-bond donors (Lipinski definition) is 2. The number of carbonyl (C=O) groups is 3. The summed E-state index contributed by atoms with van der Waals surface area (Å²) in [5, 5.41) is 8.33. The van der Waals surface area contributed by atoms with Gasteiger partial charge in [0.05, 0.1) is 17.7 Å². The van der Waals surface area contributed by atoms with Gasteiger partial charge in [-0.1, -0.05) is 6.07 Å². The number of aromatic nitrogens is 1. The minimum absolute atomic E-state index is 0.0638. The molecular formula is C24H29N5O3S2. The lowest BCUT2D eigenvalue weighted by molar-refractivity contribution is -0.136. The molecule has 0 radical (unpaired) electrons. The number of aryl methyl sites for hydroxylation is 1. The van der Waals surface area contributed by atoms with E-state index in [4.69, 9.17) is 17.2 Å². The third kappa shape index (κ3) is 5.44. The third-order valence-corrected chi connectivity index (χ3v) is 7.72. The first-order valence-electron chi connectivity index (χ1n) is 11.5. The summed E-state index contributed by atoms with van der Waals surface area (Å²) in [6, 6.07) is 7.20. The van der Waals surface area contributed by atoms with Gasteiger partial charge in [-0.2, -0.15) is 0 Å². The van der Waals surface area contributed by atoms with Gasteiger partial charge in [0.25, 0.3) is 11.8 Å². The zero-order valence-electron chi connectivity index (χ0n) is 19.4. The van der Waals surface area contributed by atoms with Crippen LogP contribution in [-0.4, -0.2) is 70.3 Å². The molecule has 2 aromatic heterocycles. The Morgan fingerprint density at radius 3 is 2.68 bits per heavy atom. The van der Waals surface area contributed by atoms with Gasteiger partial charge < -0.3 is 15.5 Å². The van der Waals surface area contributed by atoms with Gasteiger partial charge in [-0.3, -0.25) is 24.3 Å². The smallest absolute Gasteiger partial charge is 0.253 e. The van der Waals surface area contributed by atoms with Gasteiger partial charge in [0.2, 0.25) is 5.91 Å². The molecule has 3 amide bonds. The Kier molecular flexibility index (Phi) is 7.57. The molecule has 0 aromatic carbocycles. The molecule has 10 heteroatoms. The standard InChI is InChI=1S/C24H29N5O3S2/c1-15-5-6-18(22(31)25-10-7-17-4-3-13-34-17)21(26-15)16-8-11-29(12-9-16)20(30)14-19-23(32)28(2)24(33)27-19/h3-6,13,16,19H,7-12,14H2,1-2H3,(H,25,31)(H,27,33). The summed E-state index contributed by atoms with van der Waals surface area (Å²) in [5.74, 6) is -0.242. The summed E-state index contributed by atoms with van der Waals surface area (Å²) in [5.41, 5.74) is 2.29. The first-order valence-corrected chi connectivity index (χ1v) is 12.8. The van der Waals surface area contributed by atoms with Crippen molar-refractivity contribution in [2.45, 2.75) is 44.6 Å². The van der Waals surface area contributed by atoms with E-state index in [0.29, 0.717) is 30.3 Å². The number of rotatable bonds is 7. The van der Waals surface area contributed by atoms with Crippen molar-refractivity contribution in [1.82, 2.24) is 25.4 Å². The highest BCUT2D eigenvalue weighted by molar-refractivity contribution is 7.80. The van der Waals surface area contributed by atoms with Crippen LogP contribution < -0.4 is 10.6 Å². The molecule has 2 aliphatic heterocycles. The Morgan fingerprint density at radius 2 is 2.03 bits per heavy atom. The van der Waals surface area contributed by atoms with Crippen LogP contribution >= 0.6 is 23.6 Å². The van der Waals surface area contributed by atoms with E-state index in [9.17, 15) is 14.4 Å². The number of likely N-dealkylation sites (N-methyl/N-ethyl adjacent to an activating group) is 1. The molecule has 1 unspecified atom stereocenters. The van der Waals surface area contributed by atoms with Gasteiger partial charge in [-0.15, -0.1) is 11.3 Å². The number of thiophene rings is 1. The minimum atomic E-state index is -0.592. The van der Waals surface area contributed by atoms with Crippen LogP contribution in [0.3, 0.4) is 0 Å². The van der Waals surface area contributed by atoms with E-state index >= 15 is 0 Å². The number of piperidine rings is 1. The third-order valence-electron chi connectivity index (χ3n) is 6.39. The predicted molar refractivity (Wildman–Crippen MR) is 135 cm³/mol. The maximum Gasteiger partial charge on any atom is 0.253 e. The number of amides is 3. The zero-order chi connectivity index (χ0) is 24.2. The Hall–Kier alpha value is -2.85. The maximum atomic E-state index is 12.9. The number of carbonyl (C=O) groups excluding carboxylic acids is 3. The first-order chi connectivity index (χ1) is 16.3. The van der Waals surface area contributed by atoms with E-state index in [1.54, 1.807) is 23.3 Å². The monoisotopic (exact) mass is 499 g/mol. The number of likely N-dealkylation sites (tertiary alicyclic amines) is 1. The van der Waals surface area contributed by atoms with Crippen molar-refractivity contribution in [3.05, 3.63) is 51.5 Å². The van der Waals surface area contributed by atoms with E-state index in [1.807, 2.05) is 30.5 Å². The summed E-state index contributed by atoms with van der Waals surface area (Å²) in [6.07, 6.45) is 2.34. The van der Waals surface area contributed by atoms with Crippen molar-refractivity contribution >= 4 is 46.4 Å². The van der Waals surface area contributed by atoms with Crippen molar-refractivity contribution < 1.29 is 14.4 Å². The molecule has 0 bridgehead atoms. The molecule has 4 heterocycles. The molecule has 34 heavy (non-hydrogen) atoms. The van der Waals surface area contributed by atoms with Gasteiger partial charge in [0, 0.05) is 43.2 Å². The molecular weight excluding hydrogens is 470 g/mol. The van der Waals surface area contributed by atoms with Gasteiger partial charge >= 0.3 is 0 Å². The van der Waals surface area contributed by atoms with Crippen molar-refractivity contribution in [3.8, 4) is 0 Å². The lowest BCUT2D eigenvalue weighted by atomic mass is 9.89. The fourth-order valence-electron chi connectivity index (χ4n) is 4.42. The molecule has 2 saturated heterocycles. The normalized spacial score (nSPS) is 18.8. The molecule has 4 rings (SSSR count). The van der Waals surface area contributed by atoms with Crippen LogP contribution in [0.5, 0.6) is 0 Å². The summed E-state index contributed by atoms with van der Waals surface area (Å²) in [7, 11) is 1.61. The van der Waals surface area contributed by atoms with Crippen molar-refractivity contribution in [2.24, 2.45) is 0 Å². The molecule has 0 saturated carbocycles. The first kappa shape index (κ1) is 24.3. The Bertz CT molecular complexity index is 1080.